The van der Waals surface area contributed by atoms with Gasteiger partial charge in [0.05, 0.1) is 0 Å². The summed E-state index contributed by atoms with van der Waals surface area (Å²) < 4.78 is 0. The van der Waals surface area contributed by atoms with E-state index >= 15 is 0 Å². The molecule has 0 radical (unpaired) electrons. The smallest absolute Gasteiger partial charge is 0.0107 e. The van der Waals surface area contributed by atoms with Crippen molar-refractivity contribution >= 4 is 0 Å². The lowest BCUT2D eigenvalue weighted by Gasteiger charge is -2.26. The predicted octanol–water partition coefficient (Wildman–Crippen LogP) is 2.35. The minimum absolute atomic E-state index is 1.18. The third kappa shape index (κ3) is 9.84. The molecule has 1 N–H and O–H groups in total. The van der Waals surface area contributed by atoms with E-state index < -0.39 is 0 Å². The Morgan fingerprint density at radius 2 is 1.46 bits per heavy atom. The van der Waals surface area contributed by atoms with E-state index in [-0.39, 0.29) is 0 Å². The Morgan fingerprint density at radius 1 is 1.00 bits per heavy atom. The number of nitrogens with one attached hydrogen (secondary N) is 1. The summed E-state index contributed by atoms with van der Waals surface area (Å²) in [5.41, 5.74) is 0. The Balaban J connectivity index is 0. The first-order valence-corrected chi connectivity index (χ1v) is 5.86. The molecule has 0 spiro atoms. The second kappa shape index (κ2) is 14.4. The minimum Gasteiger partial charge on any atom is -0.314 e. The summed E-state index contributed by atoms with van der Waals surface area (Å²) in [4.78, 5) is 2.51. The SMILES string of the molecule is CC.CC.CCCN1CCNCC1. The van der Waals surface area contributed by atoms with Gasteiger partial charge in [0.2, 0.25) is 0 Å². The summed E-state index contributed by atoms with van der Waals surface area (Å²) in [6.07, 6.45) is 1.29. The fourth-order valence-electron chi connectivity index (χ4n) is 1.25. The molecule has 2 nitrogen and oxygen atoms in total. The Bertz CT molecular complexity index is 65.7. The van der Waals surface area contributed by atoms with Crippen LogP contribution in [-0.2, 0) is 0 Å². The third-order valence-electron chi connectivity index (χ3n) is 1.75. The van der Waals surface area contributed by atoms with Crippen molar-refractivity contribution in [1.82, 2.24) is 10.2 Å². The fourth-order valence-corrected chi connectivity index (χ4v) is 1.25. The molecule has 1 fully saturated rings. The Morgan fingerprint density at radius 3 is 1.85 bits per heavy atom. The highest BCUT2D eigenvalue weighted by molar-refractivity contribution is 4.65. The van der Waals surface area contributed by atoms with Crippen LogP contribution in [0.1, 0.15) is 41.0 Å². The number of hydrogen-bond acceptors (Lipinski definition) is 2. The van der Waals surface area contributed by atoms with Crippen molar-refractivity contribution < 1.29 is 0 Å². The van der Waals surface area contributed by atoms with E-state index in [1.807, 2.05) is 27.7 Å². The van der Waals surface area contributed by atoms with Gasteiger partial charge in [-0.1, -0.05) is 34.6 Å². The van der Waals surface area contributed by atoms with Gasteiger partial charge < -0.3 is 10.2 Å². The molecule has 0 aromatic carbocycles. The van der Waals surface area contributed by atoms with Gasteiger partial charge >= 0.3 is 0 Å². The molecular weight excluding hydrogens is 160 g/mol. The molecule has 13 heavy (non-hydrogen) atoms. The van der Waals surface area contributed by atoms with Crippen LogP contribution < -0.4 is 5.32 Å². The molecule has 0 bridgehead atoms. The molecule has 0 unspecified atom stereocenters. The van der Waals surface area contributed by atoms with Gasteiger partial charge in [-0.25, -0.2) is 0 Å². The molecule has 0 atom stereocenters. The molecule has 1 heterocycles. The third-order valence-corrected chi connectivity index (χ3v) is 1.75. The van der Waals surface area contributed by atoms with E-state index in [4.69, 9.17) is 0 Å². The van der Waals surface area contributed by atoms with Crippen molar-refractivity contribution in [2.45, 2.75) is 41.0 Å². The van der Waals surface area contributed by atoms with E-state index in [0.717, 1.165) is 0 Å². The van der Waals surface area contributed by atoms with E-state index in [9.17, 15) is 0 Å². The highest BCUT2D eigenvalue weighted by atomic mass is 15.2. The maximum atomic E-state index is 3.33. The zero-order chi connectivity index (χ0) is 10.5. The van der Waals surface area contributed by atoms with Crippen LogP contribution in [0.5, 0.6) is 0 Å². The van der Waals surface area contributed by atoms with Crippen LogP contribution >= 0.6 is 0 Å². The van der Waals surface area contributed by atoms with Crippen LogP contribution in [-0.4, -0.2) is 37.6 Å². The summed E-state index contributed by atoms with van der Waals surface area (Å²) in [5, 5.41) is 3.33. The lowest BCUT2D eigenvalue weighted by atomic mass is 10.3. The lowest BCUT2D eigenvalue weighted by molar-refractivity contribution is 0.241. The lowest BCUT2D eigenvalue weighted by Crippen LogP contribution is -2.43. The first-order chi connectivity index (χ1) is 6.43. The van der Waals surface area contributed by atoms with Crippen LogP contribution in [0.4, 0.5) is 0 Å². The number of nitrogens with zero attached hydrogens (tertiary/aromatic N) is 1. The summed E-state index contributed by atoms with van der Waals surface area (Å²) in [5.74, 6) is 0. The zero-order valence-electron chi connectivity index (χ0n) is 10.2. The standard InChI is InChI=1S/C7H16N2.2C2H6/c1-2-5-9-6-3-8-4-7-9;2*1-2/h8H,2-7H2,1H3;2*1-2H3. The molecule has 0 aliphatic carbocycles. The van der Waals surface area contributed by atoms with Gasteiger partial charge in [-0.05, 0) is 13.0 Å². The molecule has 0 aromatic heterocycles. The summed E-state index contributed by atoms with van der Waals surface area (Å²) >= 11 is 0. The molecule has 2 heteroatoms. The fraction of sp³-hybridized carbons (Fsp3) is 1.00. The van der Waals surface area contributed by atoms with Gasteiger partial charge in [0, 0.05) is 26.2 Å². The van der Waals surface area contributed by atoms with Crippen LogP contribution in [0.3, 0.4) is 0 Å². The molecule has 82 valence electrons. The number of hydrogen-bond donors (Lipinski definition) is 1. The Kier molecular flexibility index (Phi) is 17.1. The van der Waals surface area contributed by atoms with E-state index in [2.05, 4.69) is 17.1 Å². The minimum atomic E-state index is 1.18. The van der Waals surface area contributed by atoms with Crippen molar-refractivity contribution in [2.75, 3.05) is 32.7 Å². The largest absolute Gasteiger partial charge is 0.314 e. The Labute approximate surface area is 84.7 Å². The first kappa shape index (κ1) is 15.4. The maximum absolute atomic E-state index is 3.33. The van der Waals surface area contributed by atoms with Gasteiger partial charge in [0.15, 0.2) is 0 Å². The van der Waals surface area contributed by atoms with Gasteiger partial charge in [-0.2, -0.15) is 0 Å². The molecule has 1 aliphatic heterocycles. The summed E-state index contributed by atoms with van der Waals surface area (Å²) in [6, 6.07) is 0. The monoisotopic (exact) mass is 188 g/mol. The second-order valence-corrected chi connectivity index (χ2v) is 2.59. The molecular formula is C11H28N2. The van der Waals surface area contributed by atoms with Crippen molar-refractivity contribution in [3.05, 3.63) is 0 Å². The van der Waals surface area contributed by atoms with Gasteiger partial charge in [-0.3, -0.25) is 0 Å². The quantitative estimate of drug-likeness (QED) is 0.715. The van der Waals surface area contributed by atoms with Crippen molar-refractivity contribution in [3.63, 3.8) is 0 Å². The van der Waals surface area contributed by atoms with Crippen molar-refractivity contribution in [2.24, 2.45) is 0 Å². The van der Waals surface area contributed by atoms with Crippen LogP contribution in [0.2, 0.25) is 0 Å². The normalized spacial score (nSPS) is 16.4. The summed E-state index contributed by atoms with van der Waals surface area (Å²) in [7, 11) is 0. The number of piperazine rings is 1. The van der Waals surface area contributed by atoms with E-state index in [0.29, 0.717) is 0 Å². The highest BCUT2D eigenvalue weighted by Crippen LogP contribution is 1.92. The molecule has 1 aliphatic rings. The van der Waals surface area contributed by atoms with E-state index in [1.165, 1.54) is 39.1 Å². The maximum Gasteiger partial charge on any atom is 0.0107 e. The van der Waals surface area contributed by atoms with Gasteiger partial charge in [0.1, 0.15) is 0 Å². The molecule has 0 aromatic rings. The van der Waals surface area contributed by atoms with Crippen LogP contribution in [0.15, 0.2) is 0 Å². The first-order valence-electron chi connectivity index (χ1n) is 5.86. The van der Waals surface area contributed by atoms with Crippen LogP contribution in [0.25, 0.3) is 0 Å². The molecule has 0 saturated carbocycles. The molecule has 0 amide bonds. The van der Waals surface area contributed by atoms with Crippen molar-refractivity contribution in [1.29, 1.82) is 0 Å². The molecule has 1 rings (SSSR count). The summed E-state index contributed by atoms with van der Waals surface area (Å²) in [6.45, 7) is 16.4. The average molecular weight is 188 g/mol. The molecule has 1 saturated heterocycles. The Hall–Kier alpha value is -0.0800. The predicted molar refractivity (Wildman–Crippen MR) is 62.3 cm³/mol. The number of rotatable bonds is 2. The van der Waals surface area contributed by atoms with E-state index in [1.54, 1.807) is 0 Å². The van der Waals surface area contributed by atoms with Crippen LogP contribution in [0, 0.1) is 0 Å². The van der Waals surface area contributed by atoms with Gasteiger partial charge in [-0.15, -0.1) is 0 Å². The zero-order valence-corrected chi connectivity index (χ0v) is 10.2. The van der Waals surface area contributed by atoms with Gasteiger partial charge in [0.25, 0.3) is 0 Å². The topological polar surface area (TPSA) is 15.3 Å². The average Bonchev–Trinajstić information content (AvgIpc) is 2.26. The highest BCUT2D eigenvalue weighted by Gasteiger charge is 2.06. The van der Waals surface area contributed by atoms with Crippen molar-refractivity contribution in [3.8, 4) is 0 Å². The second-order valence-electron chi connectivity index (χ2n) is 2.59.